The van der Waals surface area contributed by atoms with Crippen LogP contribution >= 0.6 is 71.4 Å². The lowest BCUT2D eigenvalue weighted by Gasteiger charge is -2.16. The molecule has 2 heterocycles. The van der Waals surface area contributed by atoms with Crippen LogP contribution in [0.1, 0.15) is 5.56 Å². The lowest BCUT2D eigenvalue weighted by atomic mass is 10.1. The Morgan fingerprint density at radius 3 is 1.65 bits per heavy atom. The molecule has 50 heteroatoms. The number of rotatable bonds is 29. The number of phenolic OH excluding ortho intramolecular Hbond substituents is 2. The minimum Gasteiger partial charge on any atom is -0.505 e. The molecule has 11 rings (SSSR count). The molecule has 0 spiro atoms. The number of nitrogens with one attached hydrogen (secondary N) is 4. The smallest absolute Gasteiger partial charge is 0.297 e. The van der Waals surface area contributed by atoms with Crippen molar-refractivity contribution in [1.29, 1.82) is 0 Å². The molecule has 2 aromatic heterocycles. The topological polar surface area (TPSA) is 588 Å². The molecule has 0 amide bonds. The number of halogens is 2. The van der Waals surface area contributed by atoms with Crippen molar-refractivity contribution in [3.8, 4) is 11.5 Å². The number of phenols is 2. The second-order valence-electron chi connectivity index (χ2n) is 19.9. The predicted molar refractivity (Wildman–Crippen MR) is 363 cm³/mol. The maximum absolute atomic E-state index is 13.0. The summed E-state index contributed by atoms with van der Waals surface area (Å²) >= 11 is 14.2. The molecular weight excluding hydrogens is 1580 g/mol. The molecule has 0 aliphatic rings. The standard InChI is InChI=1S/C53H36Cl2N14O26S8/c54-48-60-50(64-52(62-48)58-34-19-26(96-92-88-72)15-23-18-39(102(82,83)84)43(45(71)40(23)34)69-66-32-12-11-29-30(46(32)99-95-91-75)6-3-9-38(29)101(79,80)81)56-21-22-4-1-5-25(14-22)57-51-61-49(55)63-53(65-51)59-35-20-27(100(76,77)78)16-24-17-37(98-94-90-74)42(44(70)41(24)35)68-67-33-13-10-28-31(47(33)103(85,86)87)7-2-8-36(28)97-93-89-73/h1-20,70-75H,21H2,(H,76,77,78)(H,79,80,81)(H,82,83,84)(H,85,86,87)(H2,56,58,60,62,64)(H2,57,59,61,63,65). The van der Waals surface area contributed by atoms with Gasteiger partial charge in [0, 0.05) is 49.0 Å². The lowest BCUT2D eigenvalue weighted by molar-refractivity contribution is -0.432. The van der Waals surface area contributed by atoms with E-state index < -0.39 is 105 Å². The van der Waals surface area contributed by atoms with E-state index in [1.165, 1.54) is 54.6 Å². The van der Waals surface area contributed by atoms with Crippen molar-refractivity contribution in [1.82, 2.24) is 29.9 Å². The van der Waals surface area contributed by atoms with Crippen LogP contribution < -0.4 is 21.3 Å². The number of benzene rings is 9. The number of anilines is 7. The van der Waals surface area contributed by atoms with Crippen molar-refractivity contribution in [3.05, 3.63) is 137 Å². The van der Waals surface area contributed by atoms with E-state index in [1.54, 1.807) is 24.3 Å². The van der Waals surface area contributed by atoms with Gasteiger partial charge in [-0.2, -0.15) is 63.6 Å². The number of hydrogen-bond donors (Lipinski definition) is 14. The van der Waals surface area contributed by atoms with Gasteiger partial charge in [0.05, 0.1) is 74.2 Å². The van der Waals surface area contributed by atoms with Gasteiger partial charge in [-0.25, -0.2) is 21.0 Å². The van der Waals surface area contributed by atoms with Crippen LogP contribution in [0.5, 0.6) is 11.5 Å². The molecule has 0 bridgehead atoms. The Balaban J connectivity index is 0.876. The summed E-state index contributed by atoms with van der Waals surface area (Å²) in [5, 5.41) is 101. The summed E-state index contributed by atoms with van der Waals surface area (Å²) in [5.74, 6) is -2.98. The third kappa shape index (κ3) is 17.5. The van der Waals surface area contributed by atoms with Crippen molar-refractivity contribution in [2.75, 3.05) is 21.3 Å². The highest BCUT2D eigenvalue weighted by molar-refractivity contribution is 7.95. The average Bonchev–Trinajstić information content (AvgIpc) is 0.765. The largest absolute Gasteiger partial charge is 0.505 e. The molecule has 40 nitrogen and oxygen atoms in total. The van der Waals surface area contributed by atoms with E-state index in [1.807, 2.05) is 0 Å². The van der Waals surface area contributed by atoms with Gasteiger partial charge in [-0.1, -0.05) is 68.7 Å². The van der Waals surface area contributed by atoms with E-state index in [0.29, 0.717) is 35.3 Å². The SMILES string of the molecule is O=S(=O)(O)c1cc(Nc2nc(Cl)nc(Nc3cccc(CNc4nc(Cl)nc(Nc5cc(SOOO)cc6cc(S(=O)(=O)O)c(N=Nc7ccc8c(S(=O)(=O)O)cccc8c7SOOO)c(O)c56)n4)c3)n2)c2c(O)c(N=Nc3ccc4c(SOOO)cccc4c3S(=O)(=O)O)c(SOOO)cc2c1. The highest BCUT2D eigenvalue weighted by Gasteiger charge is 2.29. The first-order chi connectivity index (χ1) is 49.0. The van der Waals surface area contributed by atoms with Crippen LogP contribution in [-0.2, 0) is 84.5 Å². The summed E-state index contributed by atoms with van der Waals surface area (Å²) in [7, 11) is -20.3. The van der Waals surface area contributed by atoms with Crippen LogP contribution in [0, 0.1) is 0 Å². The summed E-state index contributed by atoms with van der Waals surface area (Å²) in [5.41, 5.74) is -1.88. The number of nitrogens with zero attached hydrogens (tertiary/aromatic N) is 10. The summed E-state index contributed by atoms with van der Waals surface area (Å²) in [4.78, 5) is 21.9. The van der Waals surface area contributed by atoms with E-state index >= 15 is 0 Å². The maximum Gasteiger partial charge on any atom is 0.297 e. The van der Waals surface area contributed by atoms with Gasteiger partial charge in [0.15, 0.2) is 11.5 Å². The number of hydrogen-bond acceptors (Lipinski definition) is 40. The number of aromatic nitrogens is 6. The highest BCUT2D eigenvalue weighted by Crippen LogP contribution is 2.51. The van der Waals surface area contributed by atoms with Gasteiger partial charge in [0.2, 0.25) is 34.4 Å². The van der Waals surface area contributed by atoms with Gasteiger partial charge in [0.1, 0.15) is 37.4 Å². The molecule has 0 unspecified atom stereocenters. The molecular formula is C53H36Cl2N14O26S8. The van der Waals surface area contributed by atoms with Crippen LogP contribution in [0.4, 0.5) is 63.6 Å². The van der Waals surface area contributed by atoms with E-state index in [2.05, 4.69) is 109 Å². The first kappa shape index (κ1) is 75.3. The summed E-state index contributed by atoms with van der Waals surface area (Å²) in [6.45, 7) is -0.0662. The normalized spacial score (nSPS) is 12.4. The third-order valence-corrected chi connectivity index (χ3v) is 20.2. The highest BCUT2D eigenvalue weighted by atomic mass is 35.5. The molecule has 0 atom stereocenters. The Labute approximate surface area is 601 Å². The molecule has 103 heavy (non-hydrogen) atoms. The second-order valence-corrected chi connectivity index (χ2v) is 29.2. The van der Waals surface area contributed by atoms with Crippen molar-refractivity contribution < 1.29 is 121 Å². The fourth-order valence-electron chi connectivity index (χ4n) is 9.83. The third-order valence-electron chi connectivity index (χ3n) is 13.7. The quantitative estimate of drug-likeness (QED) is 0.00680. The average molecular weight is 1610 g/mol. The molecule has 11 aromatic rings. The number of aromatic hydroxyl groups is 2. The zero-order valence-corrected chi connectivity index (χ0v) is 57.8. The van der Waals surface area contributed by atoms with E-state index in [4.69, 9.17) is 44.2 Å². The molecule has 0 saturated carbocycles. The molecule has 9 aromatic carbocycles. The number of fused-ring (bicyclic) bond motifs is 4. The van der Waals surface area contributed by atoms with E-state index in [0.717, 1.165) is 42.5 Å². The molecule has 536 valence electrons. The molecule has 0 aliphatic carbocycles. The van der Waals surface area contributed by atoms with Gasteiger partial charge in [-0.05, 0) is 118 Å². The first-order valence-corrected chi connectivity index (χ1v) is 36.6. The first-order valence-electron chi connectivity index (χ1n) is 27.1. The fraction of sp³-hybridized carbons (Fsp3) is 0.0189. The Morgan fingerprint density at radius 2 is 0.990 bits per heavy atom. The van der Waals surface area contributed by atoms with Crippen molar-refractivity contribution in [3.63, 3.8) is 0 Å². The number of azo groups is 2. The van der Waals surface area contributed by atoms with Crippen molar-refractivity contribution >= 4 is 219 Å². The Kier molecular flexibility index (Phi) is 23.1. The molecule has 0 aliphatic heterocycles. The minimum absolute atomic E-state index is 0.0287. The van der Waals surface area contributed by atoms with Gasteiger partial charge in [-0.3, -0.25) is 18.2 Å². The Hall–Kier alpha value is -8.82. The van der Waals surface area contributed by atoms with Crippen LogP contribution in [0.2, 0.25) is 10.6 Å². The Bertz CT molecular complexity index is 5760. The summed E-state index contributed by atoms with van der Waals surface area (Å²) in [6, 6.07) is 25.4. The zero-order valence-electron chi connectivity index (χ0n) is 49.8. The molecule has 0 fully saturated rings. The maximum atomic E-state index is 13.0. The van der Waals surface area contributed by atoms with Crippen LogP contribution in [0.15, 0.2) is 181 Å². The molecule has 14 N–H and O–H groups in total. The van der Waals surface area contributed by atoms with E-state index in [-0.39, 0.29) is 128 Å². The van der Waals surface area contributed by atoms with E-state index in [9.17, 15) is 62.1 Å². The summed E-state index contributed by atoms with van der Waals surface area (Å²) in [6.07, 6.45) is 0. The van der Waals surface area contributed by atoms with Crippen LogP contribution in [-0.4, -0.2) is 113 Å². The van der Waals surface area contributed by atoms with Gasteiger partial charge >= 0.3 is 0 Å². The second kappa shape index (κ2) is 31.6. The van der Waals surface area contributed by atoms with Crippen LogP contribution in [0.3, 0.4) is 0 Å². The zero-order chi connectivity index (χ0) is 73.7. The fourth-order valence-corrected chi connectivity index (χ4v) is 14.9. The summed E-state index contributed by atoms with van der Waals surface area (Å²) < 4.78 is 161. The van der Waals surface area contributed by atoms with Crippen LogP contribution in [0.25, 0.3) is 43.1 Å². The molecule has 0 radical (unpaired) electrons. The lowest BCUT2D eigenvalue weighted by Crippen LogP contribution is -2.08. The van der Waals surface area contributed by atoms with Gasteiger partial charge < -0.3 is 31.5 Å². The Morgan fingerprint density at radius 1 is 0.447 bits per heavy atom. The van der Waals surface area contributed by atoms with Gasteiger partial charge in [0.25, 0.3) is 40.5 Å². The van der Waals surface area contributed by atoms with Crippen molar-refractivity contribution in [2.24, 2.45) is 20.5 Å². The monoisotopic (exact) mass is 1610 g/mol. The predicted octanol–water partition coefficient (Wildman–Crippen LogP) is 13.8. The molecule has 0 saturated heterocycles. The van der Waals surface area contributed by atoms with Crippen molar-refractivity contribution in [2.45, 2.75) is 45.7 Å². The minimum atomic E-state index is -5.30. The van der Waals surface area contributed by atoms with Gasteiger partial charge in [-0.15, -0.1) is 37.8 Å².